The molecule has 0 aliphatic carbocycles. The Balaban J connectivity index is 1.32. The van der Waals surface area contributed by atoms with Crippen molar-refractivity contribution in [3.8, 4) is 28.4 Å². The number of nitrogens with zero attached hydrogens (tertiary/aromatic N) is 5. The molecule has 1 aliphatic rings. The van der Waals surface area contributed by atoms with Gasteiger partial charge >= 0.3 is 5.69 Å². The molecule has 1 aliphatic heterocycles. The van der Waals surface area contributed by atoms with Gasteiger partial charge in [0, 0.05) is 31.6 Å². The molecule has 0 atom stereocenters. The summed E-state index contributed by atoms with van der Waals surface area (Å²) >= 11 is 0. The molecule has 1 saturated heterocycles. The van der Waals surface area contributed by atoms with E-state index in [1.165, 1.54) is 4.68 Å². The molecular weight excluding hydrogens is 460 g/mol. The van der Waals surface area contributed by atoms with Crippen molar-refractivity contribution in [3.63, 3.8) is 0 Å². The van der Waals surface area contributed by atoms with Gasteiger partial charge in [-0.15, -0.1) is 0 Å². The Morgan fingerprint density at radius 3 is 2.47 bits per heavy atom. The van der Waals surface area contributed by atoms with E-state index in [9.17, 15) is 9.59 Å². The fraction of sp³-hybridized carbons (Fsp3) is 0.308. The monoisotopic (exact) mass is 488 g/mol. The number of ether oxygens (including phenoxy) is 2. The van der Waals surface area contributed by atoms with Crippen molar-refractivity contribution < 1.29 is 14.3 Å². The third-order valence-corrected chi connectivity index (χ3v) is 6.60. The first kappa shape index (κ1) is 23.4. The first-order valence-electron chi connectivity index (χ1n) is 11.8. The van der Waals surface area contributed by atoms with Gasteiger partial charge in [-0.2, -0.15) is 10.2 Å². The number of para-hydroxylation sites is 1. The van der Waals surface area contributed by atoms with Crippen LogP contribution in [0.3, 0.4) is 0 Å². The van der Waals surface area contributed by atoms with Gasteiger partial charge in [0.15, 0.2) is 0 Å². The molecule has 10 nitrogen and oxygen atoms in total. The lowest BCUT2D eigenvalue weighted by atomic mass is 9.95. The molecule has 0 radical (unpaired) electrons. The second kappa shape index (κ2) is 9.73. The summed E-state index contributed by atoms with van der Waals surface area (Å²) < 4.78 is 13.8. The number of nitrogens with one attached hydrogen (secondary N) is 1. The van der Waals surface area contributed by atoms with Gasteiger partial charge in [-0.1, -0.05) is 18.2 Å². The summed E-state index contributed by atoms with van der Waals surface area (Å²) in [7, 11) is 4.85. The van der Waals surface area contributed by atoms with Crippen molar-refractivity contribution >= 4 is 5.91 Å². The van der Waals surface area contributed by atoms with Gasteiger partial charge in [-0.3, -0.25) is 9.89 Å². The lowest BCUT2D eigenvalue weighted by molar-refractivity contribution is 0.0704. The molecule has 0 unspecified atom stereocenters. The summed E-state index contributed by atoms with van der Waals surface area (Å²) in [5.74, 6) is 2.00. The number of rotatable bonds is 6. The quantitative estimate of drug-likeness (QED) is 0.447. The van der Waals surface area contributed by atoms with Gasteiger partial charge in [0.1, 0.15) is 23.0 Å². The molecule has 2 aromatic carbocycles. The Morgan fingerprint density at radius 1 is 1.03 bits per heavy atom. The van der Waals surface area contributed by atoms with Crippen LogP contribution >= 0.6 is 0 Å². The summed E-state index contributed by atoms with van der Waals surface area (Å²) in [5, 5.41) is 11.8. The number of amides is 1. The largest absolute Gasteiger partial charge is 0.497 e. The number of piperidine rings is 1. The first-order valence-corrected chi connectivity index (χ1v) is 11.8. The third-order valence-electron chi connectivity index (χ3n) is 6.60. The zero-order valence-corrected chi connectivity index (χ0v) is 20.5. The number of hydrogen-bond donors (Lipinski definition) is 1. The fourth-order valence-electron chi connectivity index (χ4n) is 4.66. The van der Waals surface area contributed by atoms with Crippen LogP contribution in [0.15, 0.2) is 59.4 Å². The van der Waals surface area contributed by atoms with E-state index >= 15 is 0 Å². The Morgan fingerprint density at radius 2 is 1.78 bits per heavy atom. The number of likely N-dealkylation sites (tertiary alicyclic amines) is 1. The second-order valence-corrected chi connectivity index (χ2v) is 8.73. The topological polar surface area (TPSA) is 107 Å². The molecule has 1 amide bonds. The molecular formula is C26H28N6O4. The highest BCUT2D eigenvalue weighted by molar-refractivity contribution is 5.93. The molecule has 1 N–H and O–H groups in total. The lowest BCUT2D eigenvalue weighted by Crippen LogP contribution is -2.38. The molecule has 2 aromatic heterocycles. The number of aromatic nitrogens is 5. The molecule has 186 valence electrons. The number of hydrogen-bond acceptors (Lipinski definition) is 6. The maximum Gasteiger partial charge on any atom is 0.350 e. The van der Waals surface area contributed by atoms with E-state index < -0.39 is 0 Å². The average Bonchev–Trinajstić information content (AvgIpc) is 3.53. The number of carbonyl (C=O) groups excluding carboxylic acids is 1. The third kappa shape index (κ3) is 4.26. The predicted octanol–water partition coefficient (Wildman–Crippen LogP) is 3.00. The van der Waals surface area contributed by atoms with Gasteiger partial charge in [-0.05, 0) is 49.2 Å². The highest BCUT2D eigenvalue weighted by Gasteiger charge is 2.30. The Hall–Kier alpha value is -4.34. The van der Waals surface area contributed by atoms with E-state index in [2.05, 4.69) is 15.3 Å². The Bertz CT molecular complexity index is 1430. The van der Waals surface area contributed by atoms with Crippen LogP contribution in [0.2, 0.25) is 0 Å². The zero-order valence-electron chi connectivity index (χ0n) is 20.5. The minimum absolute atomic E-state index is 0.0709. The molecule has 4 aromatic rings. The van der Waals surface area contributed by atoms with Crippen LogP contribution < -0.4 is 15.2 Å². The van der Waals surface area contributed by atoms with Crippen LogP contribution in [-0.2, 0) is 7.05 Å². The van der Waals surface area contributed by atoms with Crippen molar-refractivity contribution in [1.29, 1.82) is 0 Å². The Kier molecular flexibility index (Phi) is 6.32. The van der Waals surface area contributed by atoms with Gasteiger partial charge in [0.25, 0.3) is 5.91 Å². The summed E-state index contributed by atoms with van der Waals surface area (Å²) in [5.41, 5.74) is 2.37. The van der Waals surface area contributed by atoms with E-state index in [-0.39, 0.29) is 17.5 Å². The van der Waals surface area contributed by atoms with Crippen LogP contribution in [0, 0.1) is 0 Å². The minimum Gasteiger partial charge on any atom is -0.497 e. The molecule has 0 spiro atoms. The van der Waals surface area contributed by atoms with Crippen LogP contribution in [0.1, 0.15) is 35.1 Å². The standard InChI is InChI=1S/C26H28N6O4/c1-30-26(34)32(18-7-5-4-6-8-18)24(29-30)17-11-13-31(14-12-17)25(33)22-16-21(27-28-22)20-15-19(35-2)9-10-23(20)36-3/h4-10,15-17H,11-14H2,1-3H3,(H,27,28). The highest BCUT2D eigenvalue weighted by Crippen LogP contribution is 2.33. The van der Waals surface area contributed by atoms with Crippen molar-refractivity contribution in [1.82, 2.24) is 29.4 Å². The van der Waals surface area contributed by atoms with E-state index in [1.807, 2.05) is 53.4 Å². The van der Waals surface area contributed by atoms with E-state index in [1.54, 1.807) is 31.9 Å². The number of benzene rings is 2. The lowest BCUT2D eigenvalue weighted by Gasteiger charge is -2.31. The van der Waals surface area contributed by atoms with E-state index in [0.717, 1.165) is 17.1 Å². The maximum absolute atomic E-state index is 13.2. The molecule has 36 heavy (non-hydrogen) atoms. The van der Waals surface area contributed by atoms with Gasteiger partial charge in [0.2, 0.25) is 0 Å². The number of methoxy groups -OCH3 is 2. The molecule has 3 heterocycles. The van der Waals surface area contributed by atoms with Crippen molar-refractivity contribution in [2.45, 2.75) is 18.8 Å². The molecule has 1 fully saturated rings. The molecule has 10 heteroatoms. The molecule has 0 saturated carbocycles. The highest BCUT2D eigenvalue weighted by atomic mass is 16.5. The van der Waals surface area contributed by atoms with Gasteiger partial charge in [-0.25, -0.2) is 14.0 Å². The van der Waals surface area contributed by atoms with Crippen molar-refractivity contribution in [2.75, 3.05) is 27.3 Å². The van der Waals surface area contributed by atoms with E-state index in [0.29, 0.717) is 48.8 Å². The summed E-state index contributed by atoms with van der Waals surface area (Å²) in [6, 6.07) is 16.7. The molecule has 0 bridgehead atoms. The van der Waals surface area contributed by atoms with Gasteiger partial charge in [0.05, 0.1) is 25.6 Å². The smallest absolute Gasteiger partial charge is 0.350 e. The van der Waals surface area contributed by atoms with Crippen molar-refractivity contribution in [2.24, 2.45) is 7.05 Å². The number of aromatic amines is 1. The number of carbonyl (C=O) groups is 1. The predicted molar refractivity (Wildman–Crippen MR) is 134 cm³/mol. The van der Waals surface area contributed by atoms with Crippen molar-refractivity contribution in [3.05, 3.63) is 76.6 Å². The first-order chi connectivity index (χ1) is 17.5. The van der Waals surface area contributed by atoms with Gasteiger partial charge < -0.3 is 14.4 Å². The van der Waals surface area contributed by atoms with Crippen LogP contribution in [0.4, 0.5) is 0 Å². The number of H-pyrrole nitrogens is 1. The van der Waals surface area contributed by atoms with Crippen LogP contribution in [-0.4, -0.2) is 62.7 Å². The summed E-state index contributed by atoms with van der Waals surface area (Å²) in [6.07, 6.45) is 1.42. The Labute approximate surface area is 208 Å². The zero-order chi connectivity index (χ0) is 25.2. The normalized spacial score (nSPS) is 14.1. The average molecular weight is 489 g/mol. The fourth-order valence-corrected chi connectivity index (χ4v) is 4.66. The minimum atomic E-state index is -0.173. The summed E-state index contributed by atoms with van der Waals surface area (Å²) in [4.78, 5) is 27.8. The van der Waals surface area contributed by atoms with Crippen LogP contribution in [0.5, 0.6) is 11.5 Å². The van der Waals surface area contributed by atoms with E-state index in [4.69, 9.17) is 9.47 Å². The maximum atomic E-state index is 13.2. The summed E-state index contributed by atoms with van der Waals surface area (Å²) in [6.45, 7) is 1.11. The molecule has 5 rings (SSSR count). The SMILES string of the molecule is COc1ccc(OC)c(-c2cc(C(=O)N3CCC(c4nn(C)c(=O)n4-c4ccccc4)CC3)[nH]n2)c1. The van der Waals surface area contributed by atoms with Crippen LogP contribution in [0.25, 0.3) is 16.9 Å². The second-order valence-electron chi connectivity index (χ2n) is 8.73. The number of aryl methyl sites for hydroxylation is 1.